The van der Waals surface area contributed by atoms with Gasteiger partial charge in [-0.05, 0) is 56.4 Å². The Morgan fingerprint density at radius 2 is 1.61 bits per heavy atom. The van der Waals surface area contributed by atoms with Crippen molar-refractivity contribution >= 4 is 36.4 Å². The maximum atomic E-state index is 13.0. The minimum Gasteiger partial charge on any atom is -0.372 e. The molecule has 0 spiro atoms. The van der Waals surface area contributed by atoms with Gasteiger partial charge in [0.05, 0.1) is 6.54 Å². The maximum absolute atomic E-state index is 13.0. The maximum Gasteiger partial charge on any atom is 0.253 e. The Bertz CT molecular complexity index is 857. The van der Waals surface area contributed by atoms with Crippen molar-refractivity contribution in [1.29, 1.82) is 0 Å². The first-order valence-electron chi connectivity index (χ1n) is 11.1. The lowest BCUT2D eigenvalue weighted by molar-refractivity contribution is 0.0710. The van der Waals surface area contributed by atoms with Gasteiger partial charge in [-0.15, -0.1) is 35.0 Å². The number of halogens is 2. The normalized spacial score (nSPS) is 19.2. The van der Waals surface area contributed by atoms with Crippen LogP contribution in [0.2, 0.25) is 0 Å². The van der Waals surface area contributed by atoms with Gasteiger partial charge in [0.25, 0.3) is 5.91 Å². The van der Waals surface area contributed by atoms with Gasteiger partial charge in [-0.1, -0.05) is 0 Å². The summed E-state index contributed by atoms with van der Waals surface area (Å²) in [6.45, 7) is 6.56. The first kappa shape index (κ1) is 23.8. The van der Waals surface area contributed by atoms with Crippen LogP contribution in [0.1, 0.15) is 60.0 Å². The van der Waals surface area contributed by atoms with Gasteiger partial charge < -0.3 is 19.7 Å². The molecular weight excluding hydrogens is 435 g/mol. The number of fused-ring (bicyclic) bond motifs is 1. The zero-order chi connectivity index (χ0) is 19.6. The number of likely N-dealkylation sites (tertiary alicyclic amines) is 1. The highest BCUT2D eigenvalue weighted by Gasteiger charge is 2.29. The minimum absolute atomic E-state index is 0. The number of carbonyl (C=O) groups excluding carboxylic acids is 1. The van der Waals surface area contributed by atoms with Crippen LogP contribution in [0.25, 0.3) is 0 Å². The largest absolute Gasteiger partial charge is 0.372 e. The highest BCUT2D eigenvalue weighted by Crippen LogP contribution is 2.29. The summed E-state index contributed by atoms with van der Waals surface area (Å²) in [5.74, 6) is 2.71. The monoisotopic (exact) mass is 466 g/mol. The number of benzene rings is 1. The Labute approximate surface area is 196 Å². The number of anilines is 1. The average molecular weight is 467 g/mol. The Morgan fingerprint density at radius 3 is 2.32 bits per heavy atom. The van der Waals surface area contributed by atoms with Crippen LogP contribution in [0.15, 0.2) is 24.3 Å². The van der Waals surface area contributed by atoms with Gasteiger partial charge in [0, 0.05) is 56.4 Å². The molecule has 170 valence electrons. The molecule has 0 unspecified atom stereocenters. The lowest BCUT2D eigenvalue weighted by Gasteiger charge is -2.32. The third kappa shape index (κ3) is 4.99. The summed E-state index contributed by atoms with van der Waals surface area (Å²) in [5.41, 5.74) is 2.04. The quantitative estimate of drug-likeness (QED) is 0.751. The molecule has 7 nitrogen and oxygen atoms in total. The van der Waals surface area contributed by atoms with Crippen molar-refractivity contribution in [2.75, 3.05) is 37.6 Å². The van der Waals surface area contributed by atoms with Crippen molar-refractivity contribution in [1.82, 2.24) is 25.0 Å². The highest BCUT2D eigenvalue weighted by molar-refractivity contribution is 5.94. The highest BCUT2D eigenvalue weighted by atomic mass is 35.5. The molecule has 1 amide bonds. The van der Waals surface area contributed by atoms with E-state index in [4.69, 9.17) is 0 Å². The standard InChI is InChI=1S/C22H30N6O.2ClH/c29-22(18-4-6-19(7-5-18)26-11-2-1-3-12-26)27-13-8-17(9-14-27)21-25-24-20-16-23-10-15-28(20)21;;/h4-7,17,23H,1-3,8-16H2;2*1H. The van der Waals surface area contributed by atoms with E-state index < -0.39 is 0 Å². The lowest BCUT2D eigenvalue weighted by atomic mass is 9.95. The molecule has 0 aliphatic carbocycles. The molecule has 0 saturated carbocycles. The summed E-state index contributed by atoms with van der Waals surface area (Å²) in [5, 5.41) is 12.2. The van der Waals surface area contributed by atoms with Gasteiger partial charge in [-0.25, -0.2) is 0 Å². The van der Waals surface area contributed by atoms with Crippen molar-refractivity contribution in [3.63, 3.8) is 0 Å². The van der Waals surface area contributed by atoms with E-state index in [0.717, 1.165) is 75.9 Å². The summed E-state index contributed by atoms with van der Waals surface area (Å²) in [6.07, 6.45) is 5.78. The third-order valence-corrected chi connectivity index (χ3v) is 6.63. The zero-order valence-corrected chi connectivity index (χ0v) is 19.5. The molecule has 5 rings (SSSR count). The van der Waals surface area contributed by atoms with E-state index in [1.54, 1.807) is 0 Å². The second-order valence-corrected chi connectivity index (χ2v) is 8.46. The first-order chi connectivity index (χ1) is 14.3. The number of carbonyl (C=O) groups is 1. The fourth-order valence-corrected chi connectivity index (χ4v) is 4.91. The fourth-order valence-electron chi connectivity index (χ4n) is 4.91. The topological polar surface area (TPSA) is 66.3 Å². The third-order valence-electron chi connectivity index (χ3n) is 6.63. The second-order valence-electron chi connectivity index (χ2n) is 8.46. The molecule has 1 aromatic heterocycles. The van der Waals surface area contributed by atoms with Crippen LogP contribution in [0.5, 0.6) is 0 Å². The number of hydrogen-bond donors (Lipinski definition) is 1. The van der Waals surface area contributed by atoms with Gasteiger partial charge in [0.15, 0.2) is 0 Å². The summed E-state index contributed by atoms with van der Waals surface area (Å²) in [6, 6.07) is 8.23. The number of nitrogens with one attached hydrogen (secondary N) is 1. The van der Waals surface area contributed by atoms with Crippen LogP contribution < -0.4 is 10.2 Å². The number of amides is 1. The smallest absolute Gasteiger partial charge is 0.253 e. The molecule has 4 heterocycles. The summed E-state index contributed by atoms with van der Waals surface area (Å²) < 4.78 is 2.28. The van der Waals surface area contributed by atoms with Crippen LogP contribution in [0, 0.1) is 0 Å². The second kappa shape index (κ2) is 10.7. The Hall–Kier alpha value is -1.83. The molecule has 2 saturated heterocycles. The minimum atomic E-state index is 0. The van der Waals surface area contributed by atoms with Crippen molar-refractivity contribution in [2.45, 2.75) is 51.1 Å². The zero-order valence-electron chi connectivity index (χ0n) is 17.8. The van der Waals surface area contributed by atoms with Crippen molar-refractivity contribution in [2.24, 2.45) is 0 Å². The van der Waals surface area contributed by atoms with Gasteiger partial charge in [-0.3, -0.25) is 4.79 Å². The molecule has 3 aliphatic heterocycles. The number of aromatic nitrogens is 3. The number of piperidine rings is 2. The molecule has 3 aliphatic rings. The summed E-state index contributed by atoms with van der Waals surface area (Å²) in [7, 11) is 0. The molecule has 2 fully saturated rings. The predicted molar refractivity (Wildman–Crippen MR) is 127 cm³/mol. The van der Waals surface area contributed by atoms with E-state index >= 15 is 0 Å². The van der Waals surface area contributed by atoms with Gasteiger partial charge in [0.2, 0.25) is 0 Å². The fraction of sp³-hybridized carbons (Fsp3) is 0.591. The first-order valence-corrected chi connectivity index (χ1v) is 11.1. The molecule has 31 heavy (non-hydrogen) atoms. The number of hydrogen-bond acceptors (Lipinski definition) is 5. The van der Waals surface area contributed by atoms with E-state index in [9.17, 15) is 4.79 Å². The number of nitrogens with zero attached hydrogens (tertiary/aromatic N) is 5. The molecule has 1 N–H and O–H groups in total. The Kier molecular flexibility index (Phi) is 8.19. The predicted octanol–water partition coefficient (Wildman–Crippen LogP) is 3.24. The van der Waals surface area contributed by atoms with Crippen LogP contribution in [0.3, 0.4) is 0 Å². The van der Waals surface area contributed by atoms with E-state index in [0.29, 0.717) is 5.92 Å². The van der Waals surface area contributed by atoms with Crippen LogP contribution in [0.4, 0.5) is 5.69 Å². The molecule has 0 atom stereocenters. The van der Waals surface area contributed by atoms with Crippen LogP contribution in [-0.4, -0.2) is 58.3 Å². The van der Waals surface area contributed by atoms with Crippen molar-refractivity contribution < 1.29 is 4.79 Å². The Balaban J connectivity index is 0.00000136. The van der Waals surface area contributed by atoms with E-state index in [1.807, 2.05) is 17.0 Å². The molecule has 0 bridgehead atoms. The summed E-state index contributed by atoms with van der Waals surface area (Å²) >= 11 is 0. The summed E-state index contributed by atoms with van der Waals surface area (Å²) in [4.78, 5) is 17.4. The molecule has 9 heteroatoms. The SMILES string of the molecule is Cl.Cl.O=C(c1ccc(N2CCCCC2)cc1)N1CCC(c2nnc3n2CCNC3)CC1. The Morgan fingerprint density at radius 1 is 0.903 bits per heavy atom. The lowest BCUT2D eigenvalue weighted by Crippen LogP contribution is -2.39. The van der Waals surface area contributed by atoms with E-state index in [1.165, 1.54) is 24.9 Å². The van der Waals surface area contributed by atoms with Crippen LogP contribution >= 0.6 is 24.8 Å². The van der Waals surface area contributed by atoms with Crippen molar-refractivity contribution in [3.05, 3.63) is 41.5 Å². The van der Waals surface area contributed by atoms with Gasteiger partial charge in [-0.2, -0.15) is 0 Å². The van der Waals surface area contributed by atoms with Crippen LogP contribution in [-0.2, 0) is 13.1 Å². The molecule has 1 aromatic carbocycles. The van der Waals surface area contributed by atoms with E-state index in [-0.39, 0.29) is 30.7 Å². The van der Waals surface area contributed by atoms with Gasteiger partial charge >= 0.3 is 0 Å². The number of rotatable bonds is 3. The molecule has 0 radical (unpaired) electrons. The molecule has 2 aromatic rings. The van der Waals surface area contributed by atoms with Gasteiger partial charge in [0.1, 0.15) is 11.6 Å². The van der Waals surface area contributed by atoms with E-state index in [2.05, 4.69) is 37.1 Å². The average Bonchev–Trinajstić information content (AvgIpc) is 3.24. The van der Waals surface area contributed by atoms with Crippen molar-refractivity contribution in [3.8, 4) is 0 Å². The molecular formula is C22H32Cl2N6O.